The fourth-order valence-corrected chi connectivity index (χ4v) is 2.51. The third-order valence-electron chi connectivity index (χ3n) is 2.38. The lowest BCUT2D eigenvalue weighted by Crippen LogP contribution is -2.34. The van der Waals surface area contributed by atoms with Gasteiger partial charge in [-0.2, -0.15) is 13.2 Å². The highest BCUT2D eigenvalue weighted by Crippen LogP contribution is 2.23. The summed E-state index contributed by atoms with van der Waals surface area (Å²) in [5.74, 6) is 0. The number of nitrogen functional groups attached to an aromatic ring is 1. The number of hydrogen-bond donors (Lipinski definition) is 2. The van der Waals surface area contributed by atoms with E-state index in [1.807, 2.05) is 0 Å². The van der Waals surface area contributed by atoms with Crippen LogP contribution in [-0.4, -0.2) is 21.1 Å². The van der Waals surface area contributed by atoms with Crippen LogP contribution in [0.1, 0.15) is 11.1 Å². The second-order valence-electron chi connectivity index (χ2n) is 3.91. The molecule has 8 heteroatoms. The highest BCUT2D eigenvalue weighted by atomic mass is 32.2. The Kier molecular flexibility index (Phi) is 3.92. The number of hydrogen-bond acceptors (Lipinski definition) is 3. The van der Waals surface area contributed by atoms with Crippen LogP contribution in [0.25, 0.3) is 0 Å². The topological polar surface area (TPSA) is 72.2 Å². The van der Waals surface area contributed by atoms with Gasteiger partial charge in [-0.15, -0.1) is 0 Å². The molecule has 1 aromatic carbocycles. The number of benzene rings is 1. The van der Waals surface area contributed by atoms with E-state index in [1.165, 1.54) is 16.9 Å². The van der Waals surface area contributed by atoms with Crippen LogP contribution in [0.5, 0.6) is 0 Å². The first-order valence-corrected chi connectivity index (χ1v) is 6.44. The monoisotopic (exact) mass is 282 g/mol. The largest absolute Gasteiger partial charge is 0.402 e. The third-order valence-corrected chi connectivity index (χ3v) is 3.84. The Labute approximate surface area is 103 Å². The van der Waals surface area contributed by atoms with Crippen molar-refractivity contribution >= 4 is 15.7 Å². The summed E-state index contributed by atoms with van der Waals surface area (Å²) in [5, 5.41) is 0. The standard InChI is InChI=1S/C10H13F3N2O2S/c1-6-3-8(14)9(4-7(6)2)18(16,17)15-5-10(11,12)13/h3-4,15H,5,14H2,1-2H3. The van der Waals surface area contributed by atoms with Crippen molar-refractivity contribution in [3.05, 3.63) is 23.3 Å². The third kappa shape index (κ3) is 3.61. The van der Waals surface area contributed by atoms with E-state index in [-0.39, 0.29) is 10.6 Å². The van der Waals surface area contributed by atoms with Gasteiger partial charge in [-0.05, 0) is 37.1 Å². The van der Waals surface area contributed by atoms with Crippen LogP contribution in [0.15, 0.2) is 17.0 Å². The Morgan fingerprint density at radius 1 is 1.22 bits per heavy atom. The zero-order valence-corrected chi connectivity index (χ0v) is 10.6. The number of anilines is 1. The number of halogens is 3. The average molecular weight is 282 g/mol. The molecule has 0 bridgehead atoms. The van der Waals surface area contributed by atoms with E-state index in [0.717, 1.165) is 5.56 Å². The normalized spacial score (nSPS) is 12.7. The van der Waals surface area contributed by atoms with E-state index in [4.69, 9.17) is 5.73 Å². The first-order chi connectivity index (χ1) is 8.03. The SMILES string of the molecule is Cc1cc(N)c(S(=O)(=O)NCC(F)(F)F)cc1C. The van der Waals surface area contributed by atoms with Crippen LogP contribution in [-0.2, 0) is 10.0 Å². The zero-order valence-electron chi connectivity index (χ0n) is 9.80. The van der Waals surface area contributed by atoms with Crippen LogP contribution in [0, 0.1) is 13.8 Å². The molecule has 0 heterocycles. The molecule has 0 saturated carbocycles. The van der Waals surface area contributed by atoms with Gasteiger partial charge in [0.25, 0.3) is 0 Å². The molecule has 0 radical (unpaired) electrons. The van der Waals surface area contributed by atoms with Gasteiger partial charge in [-0.1, -0.05) is 0 Å². The molecule has 18 heavy (non-hydrogen) atoms. The highest BCUT2D eigenvalue weighted by Gasteiger charge is 2.30. The number of nitrogens with one attached hydrogen (secondary N) is 1. The molecule has 0 aliphatic carbocycles. The maximum atomic E-state index is 12.0. The predicted molar refractivity (Wildman–Crippen MR) is 61.6 cm³/mol. The lowest BCUT2D eigenvalue weighted by Gasteiger charge is -2.12. The smallest absolute Gasteiger partial charge is 0.398 e. The Balaban J connectivity index is 3.10. The molecule has 0 aliphatic rings. The molecule has 0 saturated heterocycles. The van der Waals surface area contributed by atoms with Crippen molar-refractivity contribution in [2.75, 3.05) is 12.3 Å². The summed E-state index contributed by atoms with van der Waals surface area (Å²) in [6.07, 6.45) is -4.61. The number of aryl methyl sites for hydroxylation is 2. The predicted octanol–water partition coefficient (Wildman–Crippen LogP) is 1.73. The summed E-state index contributed by atoms with van der Waals surface area (Å²) in [7, 11) is -4.26. The van der Waals surface area contributed by atoms with Crippen molar-refractivity contribution in [1.82, 2.24) is 4.72 Å². The summed E-state index contributed by atoms with van der Waals surface area (Å²) >= 11 is 0. The minimum absolute atomic E-state index is 0.0761. The Morgan fingerprint density at radius 2 is 1.72 bits per heavy atom. The fraction of sp³-hybridized carbons (Fsp3) is 0.400. The molecule has 0 spiro atoms. The van der Waals surface area contributed by atoms with E-state index < -0.39 is 22.7 Å². The minimum atomic E-state index is -4.61. The van der Waals surface area contributed by atoms with E-state index in [9.17, 15) is 21.6 Å². The van der Waals surface area contributed by atoms with Crippen LogP contribution in [0.2, 0.25) is 0 Å². The summed E-state index contributed by atoms with van der Waals surface area (Å²) in [5.41, 5.74) is 6.84. The van der Waals surface area contributed by atoms with Gasteiger partial charge in [0.15, 0.2) is 0 Å². The molecule has 1 rings (SSSR count). The van der Waals surface area contributed by atoms with Gasteiger partial charge >= 0.3 is 6.18 Å². The van der Waals surface area contributed by atoms with Gasteiger partial charge in [0.2, 0.25) is 10.0 Å². The highest BCUT2D eigenvalue weighted by molar-refractivity contribution is 7.89. The molecule has 0 aliphatic heterocycles. The van der Waals surface area contributed by atoms with Gasteiger partial charge in [0, 0.05) is 0 Å². The maximum Gasteiger partial charge on any atom is 0.402 e. The zero-order chi connectivity index (χ0) is 14.1. The van der Waals surface area contributed by atoms with Crippen LogP contribution < -0.4 is 10.5 Å². The van der Waals surface area contributed by atoms with E-state index in [2.05, 4.69) is 0 Å². The fourth-order valence-electron chi connectivity index (χ4n) is 1.30. The first-order valence-electron chi connectivity index (χ1n) is 4.96. The van der Waals surface area contributed by atoms with Gasteiger partial charge in [0.1, 0.15) is 11.4 Å². The molecule has 0 aromatic heterocycles. The van der Waals surface area contributed by atoms with Gasteiger partial charge in [-0.3, -0.25) is 0 Å². The van der Waals surface area contributed by atoms with E-state index >= 15 is 0 Å². The van der Waals surface area contributed by atoms with Crippen molar-refractivity contribution in [1.29, 1.82) is 0 Å². The number of alkyl halides is 3. The molecular weight excluding hydrogens is 269 g/mol. The number of sulfonamides is 1. The van der Waals surface area contributed by atoms with Crippen molar-refractivity contribution in [3.63, 3.8) is 0 Å². The molecule has 102 valence electrons. The minimum Gasteiger partial charge on any atom is -0.398 e. The van der Waals surface area contributed by atoms with Crippen LogP contribution >= 0.6 is 0 Å². The average Bonchev–Trinajstić information content (AvgIpc) is 2.19. The quantitative estimate of drug-likeness (QED) is 0.829. The first kappa shape index (κ1) is 14.8. The van der Waals surface area contributed by atoms with Crippen molar-refractivity contribution in [2.45, 2.75) is 24.9 Å². The summed E-state index contributed by atoms with van der Waals surface area (Å²) in [6, 6.07) is 2.67. The van der Waals surface area contributed by atoms with Crippen molar-refractivity contribution in [2.24, 2.45) is 0 Å². The van der Waals surface area contributed by atoms with Gasteiger partial charge in [-0.25, -0.2) is 13.1 Å². The summed E-state index contributed by atoms with van der Waals surface area (Å²) < 4.78 is 60.8. The molecule has 4 nitrogen and oxygen atoms in total. The Morgan fingerprint density at radius 3 is 2.22 bits per heavy atom. The second kappa shape index (κ2) is 4.77. The number of nitrogens with two attached hydrogens (primary N) is 1. The Bertz CT molecular complexity index is 553. The van der Waals surface area contributed by atoms with Gasteiger partial charge < -0.3 is 5.73 Å². The molecule has 3 N–H and O–H groups in total. The van der Waals surface area contributed by atoms with Crippen LogP contribution in [0.4, 0.5) is 18.9 Å². The Hall–Kier alpha value is -1.28. The number of rotatable bonds is 3. The van der Waals surface area contributed by atoms with Crippen molar-refractivity contribution in [3.8, 4) is 0 Å². The van der Waals surface area contributed by atoms with E-state index in [1.54, 1.807) is 13.8 Å². The lowest BCUT2D eigenvalue weighted by molar-refractivity contribution is -0.121. The van der Waals surface area contributed by atoms with E-state index in [0.29, 0.717) is 5.56 Å². The molecular formula is C10H13F3N2O2S. The van der Waals surface area contributed by atoms with Crippen molar-refractivity contribution < 1.29 is 21.6 Å². The molecule has 0 fully saturated rings. The van der Waals surface area contributed by atoms with Gasteiger partial charge in [0.05, 0.1) is 5.69 Å². The molecule has 0 atom stereocenters. The molecule has 1 aromatic rings. The maximum absolute atomic E-state index is 12.0. The van der Waals surface area contributed by atoms with Crippen LogP contribution in [0.3, 0.4) is 0 Å². The molecule has 0 amide bonds. The summed E-state index contributed by atoms with van der Waals surface area (Å²) in [4.78, 5) is -0.338. The lowest BCUT2D eigenvalue weighted by atomic mass is 10.1. The molecule has 0 unspecified atom stereocenters. The second-order valence-corrected chi connectivity index (χ2v) is 5.65. The summed E-state index contributed by atoms with van der Waals surface area (Å²) in [6.45, 7) is 1.75.